The minimum absolute atomic E-state index is 0.291. The zero-order chi connectivity index (χ0) is 13.1. The van der Waals surface area contributed by atoms with Crippen molar-refractivity contribution >= 4 is 5.78 Å². The van der Waals surface area contributed by atoms with Gasteiger partial charge in [0.1, 0.15) is 0 Å². The molecule has 0 aliphatic heterocycles. The van der Waals surface area contributed by atoms with Gasteiger partial charge in [0.05, 0.1) is 5.54 Å². The molecule has 1 unspecified atom stereocenters. The highest BCUT2D eigenvalue weighted by atomic mass is 16.1. The Balaban J connectivity index is 2.89. The van der Waals surface area contributed by atoms with Crippen molar-refractivity contribution in [2.24, 2.45) is 0 Å². The summed E-state index contributed by atoms with van der Waals surface area (Å²) in [7, 11) is 3.94. The molecule has 0 bridgehead atoms. The Labute approximate surface area is 105 Å². The number of Topliss-reactive ketones (excluding diaryl/α,β-unsaturated/α-hetero) is 1. The maximum absolute atomic E-state index is 12.4. The van der Waals surface area contributed by atoms with Crippen LogP contribution >= 0.6 is 0 Å². The van der Waals surface area contributed by atoms with Gasteiger partial charge in [-0.1, -0.05) is 31.2 Å². The summed E-state index contributed by atoms with van der Waals surface area (Å²) in [6.45, 7) is 6.14. The predicted octanol–water partition coefficient (Wildman–Crippen LogP) is 2.84. The summed E-state index contributed by atoms with van der Waals surface area (Å²) in [5, 5.41) is 0. The number of likely N-dealkylation sites (N-methyl/N-ethyl adjacent to an activating group) is 1. The lowest BCUT2D eigenvalue weighted by molar-refractivity contribution is -0.128. The molecule has 2 heteroatoms. The fourth-order valence-corrected chi connectivity index (χ4v) is 1.93. The number of hydrogen-bond donors (Lipinski definition) is 0. The molecule has 1 aromatic carbocycles. The van der Waals surface area contributed by atoms with Gasteiger partial charge in [0.25, 0.3) is 0 Å². The fourth-order valence-electron chi connectivity index (χ4n) is 1.93. The number of carbonyl (C=O) groups is 1. The maximum Gasteiger partial charge on any atom is 0.157 e. The van der Waals surface area contributed by atoms with Gasteiger partial charge in [0.15, 0.2) is 5.78 Å². The van der Waals surface area contributed by atoms with Crippen molar-refractivity contribution in [2.75, 3.05) is 14.1 Å². The lowest BCUT2D eigenvalue weighted by Gasteiger charge is -2.34. The number of rotatable bonds is 5. The molecule has 0 fully saturated rings. The monoisotopic (exact) mass is 233 g/mol. The number of carbonyl (C=O) groups excluding carboxylic acids is 1. The first-order chi connectivity index (χ1) is 7.91. The van der Waals surface area contributed by atoms with E-state index in [4.69, 9.17) is 0 Å². The van der Waals surface area contributed by atoms with E-state index in [2.05, 4.69) is 19.9 Å². The molecule has 1 aromatic rings. The second kappa shape index (κ2) is 5.46. The highest BCUT2D eigenvalue weighted by Crippen LogP contribution is 2.20. The van der Waals surface area contributed by atoms with Crippen molar-refractivity contribution in [2.45, 2.75) is 39.2 Å². The Morgan fingerprint density at radius 3 is 2.35 bits per heavy atom. The SMILES string of the molecule is CCC(C)(C(=O)Cc1ccccc1C)N(C)C. The first kappa shape index (κ1) is 13.9. The average molecular weight is 233 g/mol. The van der Waals surface area contributed by atoms with Crippen LogP contribution in [0, 0.1) is 6.92 Å². The van der Waals surface area contributed by atoms with Gasteiger partial charge in [-0.05, 0) is 45.5 Å². The van der Waals surface area contributed by atoms with E-state index in [1.807, 2.05) is 44.1 Å². The smallest absolute Gasteiger partial charge is 0.157 e. The molecule has 0 aliphatic carbocycles. The maximum atomic E-state index is 12.4. The van der Waals surface area contributed by atoms with Crippen molar-refractivity contribution in [3.05, 3.63) is 35.4 Å². The van der Waals surface area contributed by atoms with Gasteiger partial charge in [-0.3, -0.25) is 9.69 Å². The van der Waals surface area contributed by atoms with Crippen LogP contribution in [0.2, 0.25) is 0 Å². The highest BCUT2D eigenvalue weighted by molar-refractivity contribution is 5.89. The number of benzene rings is 1. The van der Waals surface area contributed by atoms with Crippen LogP contribution in [0.25, 0.3) is 0 Å². The van der Waals surface area contributed by atoms with E-state index in [9.17, 15) is 4.79 Å². The second-order valence-corrected chi connectivity index (χ2v) is 5.05. The quantitative estimate of drug-likeness (QED) is 0.779. The Morgan fingerprint density at radius 1 is 1.29 bits per heavy atom. The van der Waals surface area contributed by atoms with E-state index in [1.165, 1.54) is 5.56 Å². The fraction of sp³-hybridized carbons (Fsp3) is 0.533. The van der Waals surface area contributed by atoms with E-state index in [0.29, 0.717) is 12.2 Å². The van der Waals surface area contributed by atoms with Crippen LogP contribution in [-0.4, -0.2) is 30.3 Å². The van der Waals surface area contributed by atoms with Gasteiger partial charge in [0.2, 0.25) is 0 Å². The lowest BCUT2D eigenvalue weighted by atomic mass is 9.87. The Morgan fingerprint density at radius 2 is 1.88 bits per heavy atom. The highest BCUT2D eigenvalue weighted by Gasteiger charge is 2.33. The van der Waals surface area contributed by atoms with Gasteiger partial charge in [-0.2, -0.15) is 0 Å². The van der Waals surface area contributed by atoms with Crippen LogP contribution in [0.3, 0.4) is 0 Å². The molecule has 0 aromatic heterocycles. The number of nitrogens with zero attached hydrogens (tertiary/aromatic N) is 1. The summed E-state index contributed by atoms with van der Waals surface area (Å²) in [4.78, 5) is 14.4. The summed E-state index contributed by atoms with van der Waals surface area (Å²) in [6, 6.07) is 8.10. The van der Waals surface area contributed by atoms with E-state index >= 15 is 0 Å². The van der Waals surface area contributed by atoms with E-state index < -0.39 is 0 Å². The minimum atomic E-state index is -0.359. The molecule has 94 valence electrons. The Kier molecular flexibility index (Phi) is 4.47. The third kappa shape index (κ3) is 2.95. The summed E-state index contributed by atoms with van der Waals surface area (Å²) in [5.41, 5.74) is 1.97. The summed E-state index contributed by atoms with van der Waals surface area (Å²) in [6.07, 6.45) is 1.36. The first-order valence-corrected chi connectivity index (χ1v) is 6.17. The van der Waals surface area contributed by atoms with Crippen molar-refractivity contribution in [1.82, 2.24) is 4.90 Å². The van der Waals surface area contributed by atoms with Crippen LogP contribution in [0.1, 0.15) is 31.4 Å². The predicted molar refractivity (Wildman–Crippen MR) is 72.3 cm³/mol. The largest absolute Gasteiger partial charge is 0.297 e. The summed E-state index contributed by atoms with van der Waals surface area (Å²) >= 11 is 0. The van der Waals surface area contributed by atoms with Crippen molar-refractivity contribution in [3.8, 4) is 0 Å². The van der Waals surface area contributed by atoms with Crippen molar-refractivity contribution in [3.63, 3.8) is 0 Å². The van der Waals surface area contributed by atoms with Gasteiger partial charge in [-0.15, -0.1) is 0 Å². The van der Waals surface area contributed by atoms with Crippen LogP contribution in [0.5, 0.6) is 0 Å². The topological polar surface area (TPSA) is 20.3 Å². The molecule has 0 heterocycles. The van der Waals surface area contributed by atoms with Crippen LogP contribution < -0.4 is 0 Å². The minimum Gasteiger partial charge on any atom is -0.297 e. The molecule has 17 heavy (non-hydrogen) atoms. The zero-order valence-corrected chi connectivity index (χ0v) is 11.6. The van der Waals surface area contributed by atoms with Gasteiger partial charge < -0.3 is 0 Å². The summed E-state index contributed by atoms with van der Waals surface area (Å²) in [5.74, 6) is 0.291. The molecule has 0 aliphatic rings. The molecule has 1 rings (SSSR count). The Hall–Kier alpha value is -1.15. The molecular weight excluding hydrogens is 210 g/mol. The third-order valence-electron chi connectivity index (χ3n) is 3.89. The second-order valence-electron chi connectivity index (χ2n) is 5.05. The van der Waals surface area contributed by atoms with Gasteiger partial charge in [0, 0.05) is 6.42 Å². The van der Waals surface area contributed by atoms with Gasteiger partial charge in [-0.25, -0.2) is 0 Å². The van der Waals surface area contributed by atoms with Crippen molar-refractivity contribution in [1.29, 1.82) is 0 Å². The van der Waals surface area contributed by atoms with E-state index in [-0.39, 0.29) is 5.54 Å². The van der Waals surface area contributed by atoms with Crippen LogP contribution in [0.4, 0.5) is 0 Å². The van der Waals surface area contributed by atoms with E-state index in [1.54, 1.807) is 0 Å². The van der Waals surface area contributed by atoms with Crippen molar-refractivity contribution < 1.29 is 4.79 Å². The number of aryl methyl sites for hydroxylation is 1. The molecule has 0 saturated carbocycles. The normalized spacial score (nSPS) is 14.7. The van der Waals surface area contributed by atoms with E-state index in [0.717, 1.165) is 12.0 Å². The Bertz CT molecular complexity index is 398. The standard InChI is InChI=1S/C15H23NO/c1-6-15(3,16(4)5)14(17)11-13-10-8-7-9-12(13)2/h7-10H,6,11H2,1-5H3. The summed E-state index contributed by atoms with van der Waals surface area (Å²) < 4.78 is 0. The number of ketones is 1. The molecule has 0 amide bonds. The molecule has 0 saturated heterocycles. The molecule has 1 atom stereocenters. The molecule has 0 radical (unpaired) electrons. The average Bonchev–Trinajstić information content (AvgIpc) is 2.30. The lowest BCUT2D eigenvalue weighted by Crippen LogP contribution is -2.48. The molecule has 0 spiro atoms. The third-order valence-corrected chi connectivity index (χ3v) is 3.89. The molecular formula is C15H23NO. The molecule has 0 N–H and O–H groups in total. The number of hydrogen-bond acceptors (Lipinski definition) is 2. The van der Waals surface area contributed by atoms with Gasteiger partial charge >= 0.3 is 0 Å². The van der Waals surface area contributed by atoms with Crippen LogP contribution in [-0.2, 0) is 11.2 Å². The van der Waals surface area contributed by atoms with Crippen LogP contribution in [0.15, 0.2) is 24.3 Å². The molecule has 2 nitrogen and oxygen atoms in total. The zero-order valence-electron chi connectivity index (χ0n) is 11.6. The first-order valence-electron chi connectivity index (χ1n) is 6.17.